The van der Waals surface area contributed by atoms with Gasteiger partial charge in [-0.15, -0.1) is 0 Å². The summed E-state index contributed by atoms with van der Waals surface area (Å²) in [6, 6.07) is 5.68. The molecule has 2 aromatic rings. The van der Waals surface area contributed by atoms with Crippen molar-refractivity contribution in [2.24, 2.45) is 5.92 Å². The van der Waals surface area contributed by atoms with E-state index in [1.54, 1.807) is 14.2 Å². The van der Waals surface area contributed by atoms with Crippen LogP contribution in [0.2, 0.25) is 0 Å². The molecule has 1 aromatic carbocycles. The molecule has 1 aliphatic heterocycles. The van der Waals surface area contributed by atoms with Crippen LogP contribution < -0.4 is 19.7 Å². The number of benzene rings is 1. The number of aromatic nitrogens is 2. The van der Waals surface area contributed by atoms with Gasteiger partial charge >= 0.3 is 5.69 Å². The van der Waals surface area contributed by atoms with Gasteiger partial charge in [-0.1, -0.05) is 13.0 Å². The SMILES string of the molecule is COc1ccc(CCNc2ncnc(N3CCCC(C)C3)c2[N+](=O)[O-])cc1OC. The topological polar surface area (TPSA) is 103 Å². The molecular formula is C20H27N5O4. The number of hydrogen-bond donors (Lipinski definition) is 1. The highest BCUT2D eigenvalue weighted by atomic mass is 16.6. The molecule has 2 heterocycles. The predicted molar refractivity (Wildman–Crippen MR) is 111 cm³/mol. The van der Waals surface area contributed by atoms with E-state index in [0.29, 0.717) is 36.2 Å². The van der Waals surface area contributed by atoms with Crippen LogP contribution in [-0.4, -0.2) is 48.7 Å². The Morgan fingerprint density at radius 1 is 1.28 bits per heavy atom. The van der Waals surface area contributed by atoms with Gasteiger partial charge in [0, 0.05) is 19.6 Å². The Labute approximate surface area is 170 Å². The van der Waals surface area contributed by atoms with Crippen LogP contribution >= 0.6 is 0 Å². The second kappa shape index (κ2) is 9.40. The van der Waals surface area contributed by atoms with E-state index in [0.717, 1.165) is 31.5 Å². The Hall–Kier alpha value is -3.10. The fourth-order valence-electron chi connectivity index (χ4n) is 3.64. The lowest BCUT2D eigenvalue weighted by molar-refractivity contribution is -0.383. The Kier molecular flexibility index (Phi) is 6.69. The van der Waals surface area contributed by atoms with Gasteiger partial charge in [-0.2, -0.15) is 0 Å². The first-order chi connectivity index (χ1) is 14.0. The van der Waals surface area contributed by atoms with Crippen molar-refractivity contribution < 1.29 is 14.4 Å². The van der Waals surface area contributed by atoms with Gasteiger partial charge in [0.2, 0.25) is 11.6 Å². The summed E-state index contributed by atoms with van der Waals surface area (Å²) in [6.45, 7) is 4.18. The summed E-state index contributed by atoms with van der Waals surface area (Å²) in [7, 11) is 3.18. The van der Waals surface area contributed by atoms with Gasteiger partial charge in [0.05, 0.1) is 19.1 Å². The Bertz CT molecular complexity index is 861. The van der Waals surface area contributed by atoms with E-state index in [-0.39, 0.29) is 11.5 Å². The molecule has 29 heavy (non-hydrogen) atoms. The molecule has 1 atom stereocenters. The van der Waals surface area contributed by atoms with Crippen molar-refractivity contribution >= 4 is 17.3 Å². The molecule has 1 fully saturated rings. The van der Waals surface area contributed by atoms with E-state index < -0.39 is 4.92 Å². The molecule has 1 aromatic heterocycles. The van der Waals surface area contributed by atoms with Gasteiger partial charge in [-0.3, -0.25) is 10.1 Å². The van der Waals surface area contributed by atoms with Crippen molar-refractivity contribution in [3.8, 4) is 11.5 Å². The molecule has 9 nitrogen and oxygen atoms in total. The van der Waals surface area contributed by atoms with E-state index in [4.69, 9.17) is 9.47 Å². The van der Waals surface area contributed by atoms with Crippen molar-refractivity contribution in [1.29, 1.82) is 0 Å². The van der Waals surface area contributed by atoms with E-state index >= 15 is 0 Å². The molecule has 0 amide bonds. The Morgan fingerprint density at radius 3 is 2.76 bits per heavy atom. The van der Waals surface area contributed by atoms with Crippen molar-refractivity contribution in [3.63, 3.8) is 0 Å². The van der Waals surface area contributed by atoms with Crippen LogP contribution in [0.25, 0.3) is 0 Å². The lowest BCUT2D eigenvalue weighted by atomic mass is 10.0. The van der Waals surface area contributed by atoms with Crippen molar-refractivity contribution in [2.75, 3.05) is 44.1 Å². The van der Waals surface area contributed by atoms with E-state index in [2.05, 4.69) is 22.2 Å². The van der Waals surface area contributed by atoms with Gasteiger partial charge in [0.25, 0.3) is 0 Å². The third kappa shape index (κ3) is 4.85. The molecule has 0 saturated carbocycles. The highest BCUT2D eigenvalue weighted by Crippen LogP contribution is 2.34. The van der Waals surface area contributed by atoms with E-state index in [9.17, 15) is 10.1 Å². The molecule has 1 unspecified atom stereocenters. The fourth-order valence-corrected chi connectivity index (χ4v) is 3.64. The number of nitrogens with zero attached hydrogens (tertiary/aromatic N) is 4. The monoisotopic (exact) mass is 401 g/mol. The quantitative estimate of drug-likeness (QED) is 0.531. The number of hydrogen-bond acceptors (Lipinski definition) is 8. The standard InChI is InChI=1S/C20H27N5O4/c1-14-5-4-10-24(12-14)20-18(25(26)27)19(22-13-23-20)21-9-8-15-6-7-16(28-2)17(11-15)29-3/h6-7,11,13-14H,4-5,8-10,12H2,1-3H3,(H,21,22,23). The van der Waals surface area contributed by atoms with Crippen LogP contribution in [0.15, 0.2) is 24.5 Å². The van der Waals surface area contributed by atoms with Crippen molar-refractivity contribution in [1.82, 2.24) is 9.97 Å². The van der Waals surface area contributed by atoms with Crippen LogP contribution in [0.3, 0.4) is 0 Å². The third-order valence-electron chi connectivity index (χ3n) is 5.10. The van der Waals surface area contributed by atoms with E-state index in [1.807, 2.05) is 23.1 Å². The minimum atomic E-state index is -0.395. The molecule has 9 heteroatoms. The van der Waals surface area contributed by atoms with E-state index in [1.165, 1.54) is 6.33 Å². The highest BCUT2D eigenvalue weighted by molar-refractivity contribution is 5.70. The summed E-state index contributed by atoms with van der Waals surface area (Å²) < 4.78 is 10.6. The number of anilines is 2. The first kappa shape index (κ1) is 20.6. The molecule has 156 valence electrons. The third-order valence-corrected chi connectivity index (χ3v) is 5.10. The molecular weight excluding hydrogens is 374 g/mol. The van der Waals surface area contributed by atoms with Crippen LogP contribution in [-0.2, 0) is 6.42 Å². The van der Waals surface area contributed by atoms with Gasteiger partial charge < -0.3 is 19.7 Å². The number of rotatable bonds is 8. The molecule has 1 saturated heterocycles. The minimum absolute atomic E-state index is 0.0612. The largest absolute Gasteiger partial charge is 0.493 e. The zero-order valence-electron chi connectivity index (χ0n) is 17.1. The van der Waals surface area contributed by atoms with Gasteiger partial charge in [-0.05, 0) is 42.9 Å². The number of methoxy groups -OCH3 is 2. The lowest BCUT2D eigenvalue weighted by Crippen LogP contribution is -2.35. The second-order valence-corrected chi connectivity index (χ2v) is 7.21. The fraction of sp³-hybridized carbons (Fsp3) is 0.500. The van der Waals surface area contributed by atoms with Crippen LogP contribution in [0.4, 0.5) is 17.3 Å². The maximum atomic E-state index is 11.8. The molecule has 0 bridgehead atoms. The maximum Gasteiger partial charge on any atom is 0.353 e. The predicted octanol–water partition coefficient (Wildman–Crippen LogP) is 3.29. The number of nitrogens with one attached hydrogen (secondary N) is 1. The Morgan fingerprint density at radius 2 is 2.07 bits per heavy atom. The molecule has 1 aliphatic rings. The highest BCUT2D eigenvalue weighted by Gasteiger charge is 2.29. The number of nitro groups is 1. The second-order valence-electron chi connectivity index (χ2n) is 7.21. The molecule has 0 aliphatic carbocycles. The van der Waals surface area contributed by atoms with Crippen molar-refractivity contribution in [3.05, 3.63) is 40.2 Å². The van der Waals surface area contributed by atoms with Gasteiger partial charge in [0.1, 0.15) is 6.33 Å². The first-order valence-electron chi connectivity index (χ1n) is 9.72. The summed E-state index contributed by atoms with van der Waals surface area (Å²) in [5.74, 6) is 2.44. The average Bonchev–Trinajstić information content (AvgIpc) is 2.73. The summed E-state index contributed by atoms with van der Waals surface area (Å²) in [4.78, 5) is 21.7. The molecule has 0 radical (unpaired) electrons. The van der Waals surface area contributed by atoms with Crippen LogP contribution in [0, 0.1) is 16.0 Å². The van der Waals surface area contributed by atoms with Crippen LogP contribution in [0.1, 0.15) is 25.3 Å². The van der Waals surface area contributed by atoms with Crippen molar-refractivity contribution in [2.45, 2.75) is 26.2 Å². The zero-order valence-corrected chi connectivity index (χ0v) is 17.1. The first-order valence-corrected chi connectivity index (χ1v) is 9.72. The number of ether oxygens (including phenoxy) is 2. The lowest BCUT2D eigenvalue weighted by Gasteiger charge is -2.31. The minimum Gasteiger partial charge on any atom is -0.493 e. The summed E-state index contributed by atoms with van der Waals surface area (Å²) in [5, 5.41) is 14.9. The number of piperidine rings is 1. The molecule has 1 N–H and O–H groups in total. The van der Waals surface area contributed by atoms with Gasteiger partial charge in [-0.25, -0.2) is 9.97 Å². The smallest absolute Gasteiger partial charge is 0.353 e. The summed E-state index contributed by atoms with van der Waals surface area (Å²) in [5.41, 5.74) is 0.964. The average molecular weight is 401 g/mol. The maximum absolute atomic E-state index is 11.8. The Balaban J connectivity index is 1.74. The summed E-state index contributed by atoms with van der Waals surface area (Å²) in [6.07, 6.45) is 4.17. The van der Waals surface area contributed by atoms with Gasteiger partial charge in [0.15, 0.2) is 11.5 Å². The molecule has 0 spiro atoms. The normalized spacial score (nSPS) is 16.4. The summed E-state index contributed by atoms with van der Waals surface area (Å²) >= 11 is 0. The molecule has 3 rings (SSSR count). The van der Waals surface area contributed by atoms with Crippen LogP contribution in [0.5, 0.6) is 11.5 Å². The zero-order chi connectivity index (χ0) is 20.8.